The minimum absolute atomic E-state index is 0.136. The SMILES string of the molecule is CN(C(=O)C1(C)COCC1N)C1COCC1C(=O)O. The number of hydrogen-bond acceptors (Lipinski definition) is 5. The fourth-order valence-electron chi connectivity index (χ4n) is 2.62. The van der Waals surface area contributed by atoms with Crippen LogP contribution in [0, 0.1) is 11.3 Å². The molecule has 0 aromatic carbocycles. The zero-order valence-electron chi connectivity index (χ0n) is 11.2. The van der Waals surface area contributed by atoms with Crippen LogP contribution in [0.1, 0.15) is 6.92 Å². The van der Waals surface area contributed by atoms with Crippen LogP contribution >= 0.6 is 0 Å². The van der Waals surface area contributed by atoms with Gasteiger partial charge in [0.1, 0.15) is 5.92 Å². The molecule has 4 atom stereocenters. The third-order valence-corrected chi connectivity index (χ3v) is 4.19. The minimum atomic E-state index is -0.945. The fourth-order valence-corrected chi connectivity index (χ4v) is 2.62. The van der Waals surface area contributed by atoms with Crippen LogP contribution in [0.15, 0.2) is 0 Å². The standard InChI is InChI=1S/C12H20N2O5/c1-12(6-19-5-9(12)13)11(17)14(2)8-4-18-3-7(8)10(15)16/h7-9H,3-6,13H2,1-2H3,(H,15,16). The van der Waals surface area contributed by atoms with Gasteiger partial charge in [-0.1, -0.05) is 0 Å². The quantitative estimate of drug-likeness (QED) is 0.676. The second kappa shape index (κ2) is 5.07. The molecule has 0 aromatic heterocycles. The van der Waals surface area contributed by atoms with E-state index in [4.69, 9.17) is 20.3 Å². The second-order valence-corrected chi connectivity index (χ2v) is 5.50. The van der Waals surface area contributed by atoms with Crippen LogP contribution in [-0.2, 0) is 19.1 Å². The molecule has 2 heterocycles. The lowest BCUT2D eigenvalue weighted by Crippen LogP contribution is -2.55. The van der Waals surface area contributed by atoms with E-state index in [9.17, 15) is 9.59 Å². The Morgan fingerprint density at radius 3 is 2.53 bits per heavy atom. The molecule has 4 unspecified atom stereocenters. The predicted molar refractivity (Wildman–Crippen MR) is 65.4 cm³/mol. The van der Waals surface area contributed by atoms with Crippen molar-refractivity contribution in [2.45, 2.75) is 19.0 Å². The van der Waals surface area contributed by atoms with Crippen molar-refractivity contribution in [1.29, 1.82) is 0 Å². The molecule has 0 bridgehead atoms. The van der Waals surface area contributed by atoms with Crippen molar-refractivity contribution in [3.05, 3.63) is 0 Å². The molecule has 2 saturated heterocycles. The molecule has 2 rings (SSSR count). The molecule has 0 radical (unpaired) electrons. The van der Waals surface area contributed by atoms with E-state index in [-0.39, 0.29) is 31.8 Å². The van der Waals surface area contributed by atoms with E-state index in [1.807, 2.05) is 0 Å². The first-order valence-electron chi connectivity index (χ1n) is 6.29. The van der Waals surface area contributed by atoms with Crippen LogP contribution in [0.3, 0.4) is 0 Å². The molecular weight excluding hydrogens is 252 g/mol. The average Bonchev–Trinajstić information content (AvgIpc) is 2.96. The number of carboxylic acid groups (broad SMARTS) is 1. The lowest BCUT2D eigenvalue weighted by Gasteiger charge is -2.34. The number of carbonyl (C=O) groups is 2. The summed E-state index contributed by atoms with van der Waals surface area (Å²) in [6.07, 6.45) is 0. The van der Waals surface area contributed by atoms with E-state index < -0.39 is 23.3 Å². The Morgan fingerprint density at radius 1 is 1.32 bits per heavy atom. The molecule has 19 heavy (non-hydrogen) atoms. The molecule has 7 heteroatoms. The average molecular weight is 272 g/mol. The largest absolute Gasteiger partial charge is 0.481 e. The van der Waals surface area contributed by atoms with Gasteiger partial charge in [-0.05, 0) is 6.92 Å². The molecule has 3 N–H and O–H groups in total. The highest BCUT2D eigenvalue weighted by molar-refractivity contribution is 5.84. The van der Waals surface area contributed by atoms with E-state index in [0.717, 1.165) is 0 Å². The number of aliphatic carboxylic acids is 1. The Kier molecular flexibility index (Phi) is 3.80. The molecule has 2 aliphatic rings. The van der Waals surface area contributed by atoms with Gasteiger partial charge < -0.3 is 25.2 Å². The van der Waals surface area contributed by atoms with Crippen molar-refractivity contribution in [3.63, 3.8) is 0 Å². The van der Waals surface area contributed by atoms with Crippen molar-refractivity contribution in [1.82, 2.24) is 4.90 Å². The highest BCUT2D eigenvalue weighted by Gasteiger charge is 2.49. The van der Waals surface area contributed by atoms with E-state index in [1.54, 1.807) is 14.0 Å². The predicted octanol–water partition coefficient (Wildman–Crippen LogP) is -1.09. The number of nitrogens with two attached hydrogens (primary N) is 1. The topological polar surface area (TPSA) is 102 Å². The number of likely N-dealkylation sites (N-methyl/N-ethyl adjacent to an activating group) is 1. The summed E-state index contributed by atoms with van der Waals surface area (Å²) in [4.78, 5) is 25.1. The molecule has 0 saturated carbocycles. The Labute approximate surface area is 111 Å². The van der Waals surface area contributed by atoms with Gasteiger partial charge in [0.15, 0.2) is 0 Å². The first-order chi connectivity index (χ1) is 8.88. The summed E-state index contributed by atoms with van der Waals surface area (Å²) >= 11 is 0. The van der Waals surface area contributed by atoms with Crippen LogP contribution in [0.2, 0.25) is 0 Å². The fraction of sp³-hybridized carbons (Fsp3) is 0.833. The lowest BCUT2D eigenvalue weighted by molar-refractivity contribution is -0.148. The Bertz CT molecular complexity index is 388. The molecule has 0 spiro atoms. The van der Waals surface area contributed by atoms with Gasteiger partial charge in [-0.15, -0.1) is 0 Å². The molecular formula is C12H20N2O5. The van der Waals surface area contributed by atoms with Gasteiger partial charge in [0.25, 0.3) is 0 Å². The minimum Gasteiger partial charge on any atom is -0.481 e. The van der Waals surface area contributed by atoms with Crippen LogP contribution in [-0.4, -0.2) is 67.4 Å². The van der Waals surface area contributed by atoms with Gasteiger partial charge in [-0.25, -0.2) is 0 Å². The second-order valence-electron chi connectivity index (χ2n) is 5.50. The van der Waals surface area contributed by atoms with Crippen LogP contribution in [0.5, 0.6) is 0 Å². The number of hydrogen-bond donors (Lipinski definition) is 2. The lowest BCUT2D eigenvalue weighted by atomic mass is 9.83. The number of ether oxygens (including phenoxy) is 2. The molecule has 108 valence electrons. The maximum atomic E-state index is 12.6. The summed E-state index contributed by atoms with van der Waals surface area (Å²) in [6.45, 7) is 2.75. The smallest absolute Gasteiger partial charge is 0.311 e. The Hall–Kier alpha value is -1.18. The monoisotopic (exact) mass is 272 g/mol. The van der Waals surface area contributed by atoms with Crippen molar-refractivity contribution >= 4 is 11.9 Å². The van der Waals surface area contributed by atoms with Crippen LogP contribution in [0.4, 0.5) is 0 Å². The van der Waals surface area contributed by atoms with Gasteiger partial charge in [-0.2, -0.15) is 0 Å². The zero-order valence-corrected chi connectivity index (χ0v) is 11.2. The van der Waals surface area contributed by atoms with Gasteiger partial charge in [0.2, 0.25) is 5.91 Å². The number of carboxylic acids is 1. The third-order valence-electron chi connectivity index (χ3n) is 4.19. The normalized spacial score (nSPS) is 38.4. The van der Waals surface area contributed by atoms with Gasteiger partial charge in [-0.3, -0.25) is 9.59 Å². The summed E-state index contributed by atoms with van der Waals surface area (Å²) in [5.74, 6) is -1.81. The van der Waals surface area contributed by atoms with E-state index in [0.29, 0.717) is 6.61 Å². The molecule has 0 aliphatic carbocycles. The first kappa shape index (κ1) is 14.2. The Balaban J connectivity index is 2.13. The Morgan fingerprint density at radius 2 is 2.00 bits per heavy atom. The molecule has 2 aliphatic heterocycles. The number of rotatable bonds is 3. The highest BCUT2D eigenvalue weighted by Crippen LogP contribution is 2.31. The first-order valence-corrected chi connectivity index (χ1v) is 6.29. The van der Waals surface area contributed by atoms with Crippen molar-refractivity contribution in [3.8, 4) is 0 Å². The van der Waals surface area contributed by atoms with Gasteiger partial charge in [0, 0.05) is 13.1 Å². The highest BCUT2D eigenvalue weighted by atomic mass is 16.5. The third kappa shape index (κ3) is 2.33. The van der Waals surface area contributed by atoms with Crippen LogP contribution in [0.25, 0.3) is 0 Å². The molecule has 2 fully saturated rings. The van der Waals surface area contributed by atoms with Gasteiger partial charge in [0.05, 0.1) is 37.9 Å². The van der Waals surface area contributed by atoms with Gasteiger partial charge >= 0.3 is 5.97 Å². The molecule has 1 amide bonds. The molecule has 0 aromatic rings. The van der Waals surface area contributed by atoms with E-state index in [2.05, 4.69) is 0 Å². The maximum absolute atomic E-state index is 12.6. The summed E-state index contributed by atoms with van der Waals surface area (Å²) in [7, 11) is 1.61. The summed E-state index contributed by atoms with van der Waals surface area (Å²) in [5.41, 5.74) is 5.13. The van der Waals surface area contributed by atoms with E-state index in [1.165, 1.54) is 4.90 Å². The number of carbonyl (C=O) groups excluding carboxylic acids is 1. The number of nitrogens with zero attached hydrogens (tertiary/aromatic N) is 1. The van der Waals surface area contributed by atoms with Crippen LogP contribution < -0.4 is 5.73 Å². The molecule has 7 nitrogen and oxygen atoms in total. The summed E-state index contributed by atoms with van der Waals surface area (Å²) in [6, 6.07) is -0.817. The van der Waals surface area contributed by atoms with Crippen molar-refractivity contribution < 1.29 is 24.2 Å². The van der Waals surface area contributed by atoms with Crippen molar-refractivity contribution in [2.75, 3.05) is 33.5 Å². The van der Waals surface area contributed by atoms with Crippen molar-refractivity contribution in [2.24, 2.45) is 17.1 Å². The summed E-state index contributed by atoms with van der Waals surface area (Å²) in [5, 5.41) is 9.13. The maximum Gasteiger partial charge on any atom is 0.311 e. The zero-order chi connectivity index (χ0) is 14.2. The summed E-state index contributed by atoms with van der Waals surface area (Å²) < 4.78 is 10.4. The number of amides is 1. The van der Waals surface area contributed by atoms with E-state index >= 15 is 0 Å².